The summed E-state index contributed by atoms with van der Waals surface area (Å²) in [6.45, 7) is 1.09. The van der Waals surface area contributed by atoms with Gasteiger partial charge in [-0.1, -0.05) is 12.1 Å². The fraction of sp³-hybridized carbons (Fsp3) is 0.308. The zero-order valence-electron chi connectivity index (χ0n) is 9.91. The molecule has 1 aliphatic rings. The lowest BCUT2D eigenvalue weighted by Crippen LogP contribution is -2.28. The Bertz CT molecular complexity index is 598. The number of rotatable bonds is 2. The maximum Gasteiger partial charge on any atom is 0.224 e. The van der Waals surface area contributed by atoms with Crippen molar-refractivity contribution in [3.63, 3.8) is 0 Å². The summed E-state index contributed by atoms with van der Waals surface area (Å²) in [7, 11) is 0. The number of fused-ring (bicyclic) bond motifs is 1. The van der Waals surface area contributed by atoms with Crippen LogP contribution >= 0.6 is 0 Å². The molecule has 1 aromatic heterocycles. The molecule has 5 heteroatoms. The normalized spacial score (nSPS) is 19.7. The van der Waals surface area contributed by atoms with E-state index in [4.69, 9.17) is 5.73 Å². The highest BCUT2D eigenvalue weighted by molar-refractivity contribution is 5.79. The van der Waals surface area contributed by atoms with Crippen LogP contribution in [0.25, 0.3) is 11.0 Å². The van der Waals surface area contributed by atoms with Crippen molar-refractivity contribution < 1.29 is 4.79 Å². The number of aromatic nitrogens is 2. The average Bonchev–Trinajstić information content (AvgIpc) is 2.68. The van der Waals surface area contributed by atoms with Gasteiger partial charge in [-0.3, -0.25) is 9.78 Å². The highest BCUT2D eigenvalue weighted by Gasteiger charge is 2.27. The van der Waals surface area contributed by atoms with Crippen molar-refractivity contribution in [3.8, 4) is 0 Å². The molecule has 1 fully saturated rings. The van der Waals surface area contributed by atoms with Gasteiger partial charge in [0.05, 0.1) is 29.5 Å². The fourth-order valence-electron chi connectivity index (χ4n) is 2.22. The van der Waals surface area contributed by atoms with Crippen molar-refractivity contribution in [2.24, 2.45) is 5.73 Å². The third-order valence-electron chi connectivity index (χ3n) is 3.10. The number of para-hydroxylation sites is 2. The monoisotopic (exact) mass is 242 g/mol. The number of carbonyl (C=O) groups excluding carboxylic acids is 1. The molecule has 1 saturated heterocycles. The lowest BCUT2D eigenvalue weighted by atomic mass is 10.3. The molecule has 2 aromatic rings. The molecular weight excluding hydrogens is 228 g/mol. The van der Waals surface area contributed by atoms with E-state index in [9.17, 15) is 4.79 Å². The Hall–Kier alpha value is -2.01. The van der Waals surface area contributed by atoms with E-state index < -0.39 is 0 Å². The average molecular weight is 242 g/mol. The number of hydrogen-bond acceptors (Lipinski definition) is 4. The molecule has 2 heterocycles. The topological polar surface area (TPSA) is 72.1 Å². The molecule has 1 atom stereocenters. The van der Waals surface area contributed by atoms with Crippen LogP contribution in [0.4, 0.5) is 0 Å². The summed E-state index contributed by atoms with van der Waals surface area (Å²) < 4.78 is 0. The zero-order valence-corrected chi connectivity index (χ0v) is 9.91. The second-order valence-electron chi connectivity index (χ2n) is 4.59. The molecule has 1 unspecified atom stereocenters. The standard InChI is InChI=1S/C13H14N4O/c14-9-5-13(18)17(7-9)8-10-6-15-11-3-1-2-4-12(11)16-10/h1-4,6,9H,5,7-8,14H2. The van der Waals surface area contributed by atoms with Crippen LogP contribution in [0.15, 0.2) is 30.5 Å². The summed E-state index contributed by atoms with van der Waals surface area (Å²) in [5, 5.41) is 0. The van der Waals surface area contributed by atoms with Crippen LogP contribution in [-0.2, 0) is 11.3 Å². The molecule has 92 valence electrons. The largest absolute Gasteiger partial charge is 0.335 e. The van der Waals surface area contributed by atoms with Gasteiger partial charge in [-0.15, -0.1) is 0 Å². The van der Waals surface area contributed by atoms with Gasteiger partial charge < -0.3 is 10.6 Å². The van der Waals surface area contributed by atoms with Crippen molar-refractivity contribution in [1.29, 1.82) is 0 Å². The number of hydrogen-bond donors (Lipinski definition) is 1. The first kappa shape index (κ1) is 11.1. The quantitative estimate of drug-likeness (QED) is 0.841. The molecule has 3 rings (SSSR count). The van der Waals surface area contributed by atoms with E-state index in [1.165, 1.54) is 0 Å². The summed E-state index contributed by atoms with van der Waals surface area (Å²) in [5.74, 6) is 0.0949. The maximum atomic E-state index is 11.7. The lowest BCUT2D eigenvalue weighted by Gasteiger charge is -2.15. The Morgan fingerprint density at radius 3 is 2.83 bits per heavy atom. The summed E-state index contributed by atoms with van der Waals surface area (Å²) in [5.41, 5.74) is 8.28. The smallest absolute Gasteiger partial charge is 0.224 e. The van der Waals surface area contributed by atoms with E-state index in [1.54, 1.807) is 11.1 Å². The molecule has 0 spiro atoms. The van der Waals surface area contributed by atoms with E-state index in [0.717, 1.165) is 16.7 Å². The SMILES string of the molecule is NC1CC(=O)N(Cc2cnc3ccccc3n2)C1. The van der Waals surface area contributed by atoms with Gasteiger partial charge in [-0.25, -0.2) is 4.98 Å². The van der Waals surface area contributed by atoms with Crippen molar-refractivity contribution in [1.82, 2.24) is 14.9 Å². The van der Waals surface area contributed by atoms with Gasteiger partial charge in [-0.2, -0.15) is 0 Å². The van der Waals surface area contributed by atoms with Gasteiger partial charge in [0, 0.05) is 19.0 Å². The predicted octanol–water partition coefficient (Wildman–Crippen LogP) is 0.689. The first-order chi connectivity index (χ1) is 8.72. The predicted molar refractivity (Wildman–Crippen MR) is 67.5 cm³/mol. The van der Waals surface area contributed by atoms with Gasteiger partial charge in [-0.05, 0) is 12.1 Å². The fourth-order valence-corrected chi connectivity index (χ4v) is 2.22. The summed E-state index contributed by atoms with van der Waals surface area (Å²) in [6, 6.07) is 7.65. The molecule has 0 aliphatic carbocycles. The molecule has 0 saturated carbocycles. The Morgan fingerprint density at radius 2 is 2.11 bits per heavy atom. The summed E-state index contributed by atoms with van der Waals surface area (Å²) >= 11 is 0. The lowest BCUT2D eigenvalue weighted by molar-refractivity contribution is -0.128. The molecule has 0 bridgehead atoms. The van der Waals surface area contributed by atoms with E-state index in [2.05, 4.69) is 9.97 Å². The number of amides is 1. The first-order valence-corrected chi connectivity index (χ1v) is 5.96. The van der Waals surface area contributed by atoms with Crippen LogP contribution in [-0.4, -0.2) is 33.4 Å². The maximum absolute atomic E-state index is 11.7. The van der Waals surface area contributed by atoms with Gasteiger partial charge in [0.1, 0.15) is 0 Å². The van der Waals surface area contributed by atoms with Gasteiger partial charge in [0.25, 0.3) is 0 Å². The minimum atomic E-state index is -0.0501. The van der Waals surface area contributed by atoms with Crippen molar-refractivity contribution in [2.45, 2.75) is 19.0 Å². The third kappa shape index (κ3) is 2.04. The molecule has 18 heavy (non-hydrogen) atoms. The molecule has 0 radical (unpaired) electrons. The Labute approximate surface area is 105 Å². The molecule has 5 nitrogen and oxygen atoms in total. The second-order valence-corrected chi connectivity index (χ2v) is 4.59. The van der Waals surface area contributed by atoms with Crippen molar-refractivity contribution in [2.75, 3.05) is 6.54 Å². The number of likely N-dealkylation sites (tertiary alicyclic amines) is 1. The van der Waals surface area contributed by atoms with Crippen LogP contribution in [0.5, 0.6) is 0 Å². The van der Waals surface area contributed by atoms with Gasteiger partial charge in [0.15, 0.2) is 0 Å². The van der Waals surface area contributed by atoms with Gasteiger partial charge in [0.2, 0.25) is 5.91 Å². The molecule has 1 aliphatic heterocycles. The highest BCUT2D eigenvalue weighted by Crippen LogP contribution is 2.14. The Kier molecular flexibility index (Phi) is 2.68. The van der Waals surface area contributed by atoms with E-state index in [1.807, 2.05) is 24.3 Å². The third-order valence-corrected chi connectivity index (χ3v) is 3.10. The Balaban J connectivity index is 1.84. The van der Waals surface area contributed by atoms with Crippen LogP contribution in [0.2, 0.25) is 0 Å². The van der Waals surface area contributed by atoms with E-state index in [0.29, 0.717) is 19.5 Å². The molecule has 1 aromatic carbocycles. The van der Waals surface area contributed by atoms with Crippen molar-refractivity contribution >= 4 is 16.9 Å². The van der Waals surface area contributed by atoms with Crippen LogP contribution in [0.1, 0.15) is 12.1 Å². The van der Waals surface area contributed by atoms with Crippen LogP contribution in [0, 0.1) is 0 Å². The van der Waals surface area contributed by atoms with Crippen molar-refractivity contribution in [3.05, 3.63) is 36.2 Å². The number of nitrogens with two attached hydrogens (primary N) is 1. The van der Waals surface area contributed by atoms with Crippen LogP contribution < -0.4 is 5.73 Å². The second kappa shape index (κ2) is 4.34. The van der Waals surface area contributed by atoms with Crippen LogP contribution in [0.3, 0.4) is 0 Å². The summed E-state index contributed by atoms with van der Waals surface area (Å²) in [6.07, 6.45) is 2.15. The number of carbonyl (C=O) groups is 1. The van der Waals surface area contributed by atoms with E-state index in [-0.39, 0.29) is 11.9 Å². The summed E-state index contributed by atoms with van der Waals surface area (Å²) in [4.78, 5) is 22.2. The molecule has 1 amide bonds. The number of nitrogens with zero attached hydrogens (tertiary/aromatic N) is 3. The van der Waals surface area contributed by atoms with Gasteiger partial charge >= 0.3 is 0 Å². The zero-order chi connectivity index (χ0) is 12.5. The minimum Gasteiger partial charge on any atom is -0.335 e. The first-order valence-electron chi connectivity index (χ1n) is 5.96. The minimum absolute atomic E-state index is 0.0501. The highest BCUT2D eigenvalue weighted by atomic mass is 16.2. The Morgan fingerprint density at radius 1 is 1.33 bits per heavy atom. The number of benzene rings is 1. The molecule has 2 N–H and O–H groups in total. The molecular formula is C13H14N4O. The van der Waals surface area contributed by atoms with E-state index >= 15 is 0 Å².